The van der Waals surface area contributed by atoms with Gasteiger partial charge in [-0.05, 0) is 99.7 Å². The molecule has 0 saturated carbocycles. The van der Waals surface area contributed by atoms with Crippen LogP contribution in [0.1, 0.15) is 38.8 Å². The van der Waals surface area contributed by atoms with Crippen LogP contribution in [-0.4, -0.2) is 33.3 Å². The third kappa shape index (κ3) is 4.62. The van der Waals surface area contributed by atoms with Crippen LogP contribution in [0.3, 0.4) is 0 Å². The highest BCUT2D eigenvalue weighted by atomic mass is 16.5. The molecule has 3 aromatic rings. The molecule has 3 rings (SSSR count). The highest BCUT2D eigenvalue weighted by molar-refractivity contribution is 5.90. The van der Waals surface area contributed by atoms with Gasteiger partial charge in [-0.15, -0.1) is 0 Å². The lowest BCUT2D eigenvalue weighted by Gasteiger charge is -2.24. The fraction of sp³-hybridized carbons (Fsp3) is 0.379. The summed E-state index contributed by atoms with van der Waals surface area (Å²) in [7, 11) is 1.76. The minimum Gasteiger partial charge on any atom is -0.496 e. The van der Waals surface area contributed by atoms with Gasteiger partial charge in [-0.2, -0.15) is 0 Å². The minimum atomic E-state index is 0.911. The highest BCUT2D eigenvalue weighted by Gasteiger charge is 2.18. The number of ether oxygens (including phenoxy) is 1. The maximum atomic E-state index is 5.85. The van der Waals surface area contributed by atoms with E-state index in [0.717, 1.165) is 37.5 Å². The Hall–Kier alpha value is -2.94. The Morgan fingerprint density at radius 2 is 1.12 bits per heavy atom. The first kappa shape index (κ1) is 23.7. The number of anilines is 2. The number of rotatable bonds is 9. The third-order valence-electron chi connectivity index (χ3n) is 6.48. The summed E-state index contributed by atoms with van der Waals surface area (Å²) in [5.74, 6) is 0.911. The minimum absolute atomic E-state index is 0.911. The monoisotopic (exact) mass is 430 g/mol. The molecule has 0 aliphatic heterocycles. The molecule has 0 aliphatic rings. The van der Waals surface area contributed by atoms with Crippen LogP contribution in [0.2, 0.25) is 0 Å². The van der Waals surface area contributed by atoms with Gasteiger partial charge < -0.3 is 14.5 Å². The van der Waals surface area contributed by atoms with Gasteiger partial charge in [0.1, 0.15) is 5.75 Å². The van der Waals surface area contributed by atoms with Crippen LogP contribution in [0.25, 0.3) is 22.3 Å². The zero-order valence-electron chi connectivity index (χ0n) is 20.8. The smallest absolute Gasteiger partial charge is 0.127 e. The van der Waals surface area contributed by atoms with E-state index in [1.54, 1.807) is 7.11 Å². The Kier molecular flexibility index (Phi) is 7.84. The maximum Gasteiger partial charge on any atom is 0.127 e. The number of methoxy groups -OCH3 is 1. The Balaban J connectivity index is 2.16. The lowest BCUT2D eigenvalue weighted by atomic mass is 9.89. The molecule has 3 aromatic carbocycles. The van der Waals surface area contributed by atoms with Gasteiger partial charge in [-0.3, -0.25) is 0 Å². The molecule has 0 N–H and O–H groups in total. The van der Waals surface area contributed by atoms with Crippen LogP contribution in [0.4, 0.5) is 11.4 Å². The summed E-state index contributed by atoms with van der Waals surface area (Å²) in [6, 6.07) is 20.0. The van der Waals surface area contributed by atoms with Crippen LogP contribution < -0.4 is 14.5 Å². The van der Waals surface area contributed by atoms with E-state index in [-0.39, 0.29) is 0 Å². The van der Waals surface area contributed by atoms with Crippen LogP contribution in [0.15, 0.2) is 54.6 Å². The van der Waals surface area contributed by atoms with E-state index in [4.69, 9.17) is 4.74 Å². The topological polar surface area (TPSA) is 15.7 Å². The molecule has 0 spiro atoms. The summed E-state index contributed by atoms with van der Waals surface area (Å²) in [5, 5.41) is 0. The molecule has 3 nitrogen and oxygen atoms in total. The number of benzene rings is 3. The van der Waals surface area contributed by atoms with Crippen LogP contribution >= 0.6 is 0 Å². The Morgan fingerprint density at radius 3 is 1.56 bits per heavy atom. The fourth-order valence-electron chi connectivity index (χ4n) is 4.65. The summed E-state index contributed by atoms with van der Waals surface area (Å²) in [6.07, 6.45) is 0. The van der Waals surface area contributed by atoms with E-state index in [1.807, 2.05) is 0 Å². The molecule has 3 heteroatoms. The van der Waals surface area contributed by atoms with E-state index in [9.17, 15) is 0 Å². The lowest BCUT2D eigenvalue weighted by Crippen LogP contribution is -2.21. The van der Waals surface area contributed by atoms with Gasteiger partial charge in [-0.1, -0.05) is 24.3 Å². The molecule has 0 bridgehead atoms. The van der Waals surface area contributed by atoms with E-state index in [2.05, 4.69) is 106 Å². The lowest BCUT2D eigenvalue weighted by molar-refractivity contribution is 0.416. The second-order valence-corrected chi connectivity index (χ2v) is 8.23. The molecule has 0 atom stereocenters. The molecule has 170 valence electrons. The zero-order chi connectivity index (χ0) is 23.3. The number of nitrogens with zero attached hydrogens (tertiary/aromatic N) is 2. The molecular weight excluding hydrogens is 392 g/mol. The van der Waals surface area contributed by atoms with Crippen molar-refractivity contribution in [3.63, 3.8) is 0 Å². The van der Waals surface area contributed by atoms with Crippen molar-refractivity contribution >= 4 is 11.4 Å². The van der Waals surface area contributed by atoms with Crippen molar-refractivity contribution in [3.8, 4) is 28.0 Å². The molecule has 0 aliphatic carbocycles. The average Bonchev–Trinajstić information content (AvgIpc) is 2.81. The maximum absolute atomic E-state index is 5.85. The van der Waals surface area contributed by atoms with Crippen LogP contribution in [0.5, 0.6) is 5.75 Å². The SMILES string of the molecule is CCN(CC)c1ccc(-c2cccc(OC)c2-c2ccc(N(CC)CC)cc2C)c(C)c1. The van der Waals surface area contributed by atoms with Gasteiger partial charge >= 0.3 is 0 Å². The van der Waals surface area contributed by atoms with Gasteiger partial charge in [0.05, 0.1) is 7.11 Å². The summed E-state index contributed by atoms with van der Waals surface area (Å²) in [6.45, 7) is 17.3. The summed E-state index contributed by atoms with van der Waals surface area (Å²) in [4.78, 5) is 4.77. The van der Waals surface area contributed by atoms with E-state index in [0.29, 0.717) is 0 Å². The van der Waals surface area contributed by atoms with Crippen molar-refractivity contribution in [2.75, 3.05) is 43.1 Å². The van der Waals surface area contributed by atoms with E-state index < -0.39 is 0 Å². The predicted molar refractivity (Wildman–Crippen MR) is 140 cm³/mol. The molecule has 0 radical (unpaired) electrons. The molecular formula is C29H38N2O. The normalized spacial score (nSPS) is 10.8. The number of hydrogen-bond acceptors (Lipinski definition) is 3. The van der Waals surface area contributed by atoms with Crippen molar-refractivity contribution in [2.24, 2.45) is 0 Å². The van der Waals surface area contributed by atoms with Crippen molar-refractivity contribution in [1.29, 1.82) is 0 Å². The van der Waals surface area contributed by atoms with Gasteiger partial charge in [0.25, 0.3) is 0 Å². The van der Waals surface area contributed by atoms with Crippen LogP contribution in [0, 0.1) is 13.8 Å². The Bertz CT molecular complexity index is 1050. The van der Waals surface area contributed by atoms with Gasteiger partial charge in [-0.25, -0.2) is 0 Å². The largest absolute Gasteiger partial charge is 0.496 e. The first-order valence-electron chi connectivity index (χ1n) is 11.9. The van der Waals surface area contributed by atoms with E-state index >= 15 is 0 Å². The van der Waals surface area contributed by atoms with Crippen molar-refractivity contribution in [3.05, 3.63) is 65.7 Å². The fourth-order valence-corrected chi connectivity index (χ4v) is 4.65. The van der Waals surface area contributed by atoms with Crippen molar-refractivity contribution < 1.29 is 4.74 Å². The first-order chi connectivity index (χ1) is 15.5. The standard InChI is InChI=1S/C29H38N2O/c1-8-30(9-2)23-15-17-25(21(5)19-23)27-13-12-14-28(32-7)29(27)26-18-16-24(20-22(26)6)31(10-3)11-4/h12-20H,8-11H2,1-7H3. The highest BCUT2D eigenvalue weighted by Crippen LogP contribution is 2.42. The van der Waals surface area contributed by atoms with Crippen LogP contribution in [-0.2, 0) is 0 Å². The second kappa shape index (κ2) is 10.6. The Labute approximate surface area is 194 Å². The van der Waals surface area contributed by atoms with Crippen molar-refractivity contribution in [1.82, 2.24) is 0 Å². The van der Waals surface area contributed by atoms with Gasteiger partial charge in [0, 0.05) is 43.1 Å². The summed E-state index contributed by atoms with van der Waals surface area (Å²) in [5.41, 5.74) is 9.94. The van der Waals surface area contributed by atoms with E-state index in [1.165, 1.54) is 39.2 Å². The molecule has 32 heavy (non-hydrogen) atoms. The predicted octanol–water partition coefficient (Wildman–Crippen LogP) is 7.34. The molecule has 0 amide bonds. The third-order valence-corrected chi connectivity index (χ3v) is 6.48. The van der Waals surface area contributed by atoms with Gasteiger partial charge in [0.15, 0.2) is 0 Å². The first-order valence-corrected chi connectivity index (χ1v) is 11.9. The van der Waals surface area contributed by atoms with Crippen molar-refractivity contribution in [2.45, 2.75) is 41.5 Å². The molecule has 0 aromatic heterocycles. The van der Waals surface area contributed by atoms with Gasteiger partial charge in [0.2, 0.25) is 0 Å². The number of hydrogen-bond donors (Lipinski definition) is 0. The Morgan fingerprint density at radius 1 is 0.625 bits per heavy atom. The number of aryl methyl sites for hydroxylation is 2. The quantitative estimate of drug-likeness (QED) is 0.353. The molecule has 0 saturated heterocycles. The average molecular weight is 431 g/mol. The summed E-state index contributed by atoms with van der Waals surface area (Å²) < 4.78 is 5.85. The second-order valence-electron chi connectivity index (χ2n) is 8.23. The molecule has 0 unspecified atom stereocenters. The molecule has 0 fully saturated rings. The summed E-state index contributed by atoms with van der Waals surface area (Å²) >= 11 is 0. The zero-order valence-corrected chi connectivity index (χ0v) is 20.8. The molecule has 0 heterocycles.